The first kappa shape index (κ1) is 34.5. The first-order valence-corrected chi connectivity index (χ1v) is 16.8. The van der Waals surface area contributed by atoms with Crippen molar-refractivity contribution in [1.82, 2.24) is 10.2 Å². The molecule has 1 aliphatic rings. The minimum atomic E-state index is -0.420. The molecule has 6 nitrogen and oxygen atoms in total. The van der Waals surface area contributed by atoms with Gasteiger partial charge in [-0.25, -0.2) is 4.39 Å². The van der Waals surface area contributed by atoms with E-state index in [1.165, 1.54) is 18.2 Å². The molecule has 6 rings (SSSR count). The highest BCUT2D eigenvalue weighted by Crippen LogP contribution is 2.39. The molecule has 49 heavy (non-hydrogen) atoms. The number of rotatable bonds is 11. The molecule has 2 heterocycles. The van der Waals surface area contributed by atoms with Crippen molar-refractivity contribution >= 4 is 58.1 Å². The lowest BCUT2D eigenvalue weighted by Crippen LogP contribution is -2.41. The first-order chi connectivity index (χ1) is 23.4. The Labute approximate surface area is 292 Å². The van der Waals surface area contributed by atoms with Crippen molar-refractivity contribution in [2.45, 2.75) is 58.8 Å². The molecule has 0 unspecified atom stereocenters. The number of carbonyl (C=O) groups excluding carboxylic acids is 1. The molecule has 1 aromatic heterocycles. The van der Waals surface area contributed by atoms with Gasteiger partial charge in [0.25, 0.3) is 0 Å². The first-order valence-electron chi connectivity index (χ1n) is 16.4. The number of ketones is 1. The van der Waals surface area contributed by atoms with Crippen LogP contribution in [0.5, 0.6) is 0 Å². The van der Waals surface area contributed by atoms with Crippen molar-refractivity contribution in [2.24, 2.45) is 0 Å². The number of halogens is 2. The van der Waals surface area contributed by atoms with Gasteiger partial charge in [-0.3, -0.25) is 9.89 Å². The van der Waals surface area contributed by atoms with Crippen LogP contribution in [-0.2, 0) is 25.4 Å². The lowest BCUT2D eigenvalue weighted by Gasteiger charge is -2.32. The number of H-pyrrole nitrogens is 1. The Morgan fingerprint density at radius 3 is 2.31 bits per heavy atom. The average Bonchev–Trinajstić information content (AvgIpc) is 3.63. The molecule has 1 N–H and O–H groups in total. The van der Waals surface area contributed by atoms with Crippen molar-refractivity contribution in [3.05, 3.63) is 136 Å². The fraction of sp³-hybridized carbons (Fsp3) is 0.250. The van der Waals surface area contributed by atoms with E-state index in [-0.39, 0.29) is 18.2 Å². The van der Waals surface area contributed by atoms with Gasteiger partial charge < -0.3 is 14.0 Å². The van der Waals surface area contributed by atoms with Crippen LogP contribution in [0.25, 0.3) is 28.1 Å². The second-order valence-corrected chi connectivity index (χ2v) is 13.7. The Morgan fingerprint density at radius 1 is 0.939 bits per heavy atom. The molecule has 0 saturated carbocycles. The van der Waals surface area contributed by atoms with Gasteiger partial charge in [-0.15, -0.1) is 0 Å². The normalized spacial score (nSPS) is 16.0. The second kappa shape index (κ2) is 14.3. The molecule has 1 saturated heterocycles. The Morgan fingerprint density at radius 2 is 1.63 bits per heavy atom. The van der Waals surface area contributed by atoms with Crippen LogP contribution in [0.2, 0.25) is 5.02 Å². The monoisotopic (exact) mass is 676 g/mol. The number of aromatic amines is 1. The number of nitrogens with one attached hydrogen (secondary N) is 1. The van der Waals surface area contributed by atoms with Crippen molar-refractivity contribution in [3.63, 3.8) is 0 Å². The third-order valence-corrected chi connectivity index (χ3v) is 9.63. The van der Waals surface area contributed by atoms with Gasteiger partial charge in [0.1, 0.15) is 12.4 Å². The zero-order valence-corrected chi connectivity index (χ0v) is 29.1. The van der Waals surface area contributed by atoms with Crippen molar-refractivity contribution in [3.8, 4) is 0 Å². The summed E-state index contributed by atoms with van der Waals surface area (Å²) in [6.07, 6.45) is 5.79. The smallest absolute Gasteiger partial charge is 0.399 e. The number of carbonyl (C=O) groups is 1. The summed E-state index contributed by atoms with van der Waals surface area (Å²) in [6, 6.07) is 26.5. The van der Waals surface area contributed by atoms with Gasteiger partial charge in [0.05, 0.1) is 34.5 Å². The number of hydrogen-bond acceptors (Lipinski definition) is 5. The van der Waals surface area contributed by atoms with Gasteiger partial charge in [-0.05, 0) is 109 Å². The SMILES string of the molecule is CC/C(=C(/c1ccc(/C=C/C(=O)COCc2ccc(B3OC(C)(C)C(C)(C)O3)cc2)cc1)c1ccc2[nH]ncc2c1)c1ccc(F)cc1Cl. The van der Waals surface area contributed by atoms with Gasteiger partial charge in [0.2, 0.25) is 0 Å². The van der Waals surface area contributed by atoms with E-state index in [2.05, 4.69) is 23.2 Å². The van der Waals surface area contributed by atoms with Crippen molar-refractivity contribution < 1.29 is 23.2 Å². The third-order valence-electron chi connectivity index (χ3n) is 9.32. The van der Waals surface area contributed by atoms with Crippen LogP contribution >= 0.6 is 11.6 Å². The number of hydrogen-bond donors (Lipinski definition) is 1. The summed E-state index contributed by atoms with van der Waals surface area (Å²) in [5, 5.41) is 8.51. The Bertz CT molecular complexity index is 2020. The molecule has 1 aliphatic heterocycles. The van der Waals surface area contributed by atoms with Crippen LogP contribution in [0.1, 0.15) is 68.9 Å². The molecule has 0 radical (unpaired) electrons. The third kappa shape index (κ3) is 7.63. The van der Waals surface area contributed by atoms with Gasteiger partial charge in [-0.2, -0.15) is 5.10 Å². The number of allylic oxidation sites excluding steroid dienone is 1. The van der Waals surface area contributed by atoms with Crippen LogP contribution in [0.4, 0.5) is 4.39 Å². The van der Waals surface area contributed by atoms with Gasteiger partial charge in [0, 0.05) is 5.39 Å². The maximum absolute atomic E-state index is 14.0. The van der Waals surface area contributed by atoms with Crippen LogP contribution in [-0.4, -0.2) is 40.9 Å². The maximum atomic E-state index is 14.0. The van der Waals surface area contributed by atoms with E-state index in [4.69, 9.17) is 25.6 Å². The lowest BCUT2D eigenvalue weighted by molar-refractivity contribution is -0.119. The van der Waals surface area contributed by atoms with E-state index >= 15 is 0 Å². The molecule has 5 aromatic rings. The molecular formula is C40H39BClFN2O4. The van der Waals surface area contributed by atoms with E-state index in [1.807, 2.05) is 88.4 Å². The van der Waals surface area contributed by atoms with Crippen LogP contribution in [0.15, 0.2) is 97.2 Å². The summed E-state index contributed by atoms with van der Waals surface area (Å²) in [5.41, 5.74) is 7.63. The van der Waals surface area contributed by atoms with Gasteiger partial charge >= 0.3 is 7.12 Å². The van der Waals surface area contributed by atoms with Gasteiger partial charge in [0.15, 0.2) is 5.78 Å². The Balaban J connectivity index is 1.13. The molecule has 4 aromatic carbocycles. The molecule has 9 heteroatoms. The second-order valence-electron chi connectivity index (χ2n) is 13.2. The number of benzene rings is 4. The summed E-state index contributed by atoms with van der Waals surface area (Å²) in [4.78, 5) is 12.6. The highest BCUT2D eigenvalue weighted by molar-refractivity contribution is 6.62. The number of aromatic nitrogens is 2. The van der Waals surface area contributed by atoms with Gasteiger partial charge in [-0.1, -0.05) is 85.3 Å². The summed E-state index contributed by atoms with van der Waals surface area (Å²) in [6.45, 7) is 10.5. The molecule has 1 fully saturated rings. The Hall–Kier alpha value is -4.34. The minimum Gasteiger partial charge on any atom is -0.399 e. The van der Waals surface area contributed by atoms with E-state index in [0.717, 1.165) is 55.3 Å². The molecule has 0 atom stereocenters. The predicted octanol–water partition coefficient (Wildman–Crippen LogP) is 8.82. The number of ether oxygens (including phenoxy) is 1. The predicted molar refractivity (Wildman–Crippen MR) is 196 cm³/mol. The standard InChI is InChI=1S/C40H39BClFN2O4/c1-6-34(35-19-17-32(43)22-36(35)42)38(29-14-20-37-30(21-29)23-44-45-37)28-12-7-26(8-13-28)11-18-33(46)25-47-24-27-9-15-31(16-10-27)41-48-39(2,3)40(4,5)49-41/h7-23H,6,24-25H2,1-5H3,(H,44,45)/b18-11+,38-34+. The van der Waals surface area contributed by atoms with Crippen LogP contribution in [0.3, 0.4) is 0 Å². The zero-order valence-electron chi connectivity index (χ0n) is 28.3. The molecule has 0 bridgehead atoms. The highest BCUT2D eigenvalue weighted by Gasteiger charge is 2.51. The van der Waals surface area contributed by atoms with E-state index < -0.39 is 18.3 Å². The lowest BCUT2D eigenvalue weighted by atomic mass is 9.79. The summed E-state index contributed by atoms with van der Waals surface area (Å²) in [5.74, 6) is -0.513. The molecule has 0 amide bonds. The Kier molecular flexibility index (Phi) is 10.0. The molecule has 250 valence electrons. The molecule has 0 aliphatic carbocycles. The maximum Gasteiger partial charge on any atom is 0.494 e. The summed E-state index contributed by atoms with van der Waals surface area (Å²) < 4.78 is 31.9. The quantitative estimate of drug-likeness (QED) is 0.0860. The number of nitrogens with zero attached hydrogens (tertiary/aromatic N) is 1. The van der Waals surface area contributed by atoms with Crippen molar-refractivity contribution in [2.75, 3.05) is 6.61 Å². The minimum absolute atomic E-state index is 0.0325. The molecular weight excluding hydrogens is 638 g/mol. The van der Waals surface area contributed by atoms with Crippen LogP contribution in [0, 0.1) is 5.82 Å². The number of fused-ring (bicyclic) bond motifs is 1. The summed E-state index contributed by atoms with van der Waals surface area (Å²) >= 11 is 6.56. The highest BCUT2D eigenvalue weighted by atomic mass is 35.5. The molecule has 0 spiro atoms. The van der Waals surface area contributed by atoms with E-state index in [9.17, 15) is 9.18 Å². The summed E-state index contributed by atoms with van der Waals surface area (Å²) in [7, 11) is -0.420. The average molecular weight is 677 g/mol. The zero-order chi connectivity index (χ0) is 34.8. The van der Waals surface area contributed by atoms with E-state index in [0.29, 0.717) is 18.1 Å². The fourth-order valence-corrected chi connectivity index (χ4v) is 6.15. The topological polar surface area (TPSA) is 73.4 Å². The van der Waals surface area contributed by atoms with E-state index in [1.54, 1.807) is 18.3 Å². The van der Waals surface area contributed by atoms with Crippen molar-refractivity contribution in [1.29, 1.82) is 0 Å². The largest absolute Gasteiger partial charge is 0.494 e. The van der Waals surface area contributed by atoms with Crippen LogP contribution < -0.4 is 5.46 Å². The fourth-order valence-electron chi connectivity index (χ4n) is 5.87.